The molecule has 1 aliphatic rings. The van der Waals surface area contributed by atoms with Gasteiger partial charge in [0.15, 0.2) is 0 Å². The van der Waals surface area contributed by atoms with Gasteiger partial charge in [0.2, 0.25) is 5.91 Å². The van der Waals surface area contributed by atoms with Gasteiger partial charge in [-0.15, -0.1) is 0 Å². The van der Waals surface area contributed by atoms with Gasteiger partial charge in [-0.3, -0.25) is 4.79 Å². The number of amides is 1. The Hall–Kier alpha value is -2.18. The maximum Gasteiger partial charge on any atom is 0.337 e. The lowest BCUT2D eigenvalue weighted by Gasteiger charge is -2.23. The van der Waals surface area contributed by atoms with Crippen molar-refractivity contribution in [3.63, 3.8) is 0 Å². The Morgan fingerprint density at radius 1 is 1.29 bits per heavy atom. The highest BCUT2D eigenvalue weighted by molar-refractivity contribution is 5.89. The van der Waals surface area contributed by atoms with E-state index in [2.05, 4.69) is 0 Å². The van der Waals surface area contributed by atoms with Gasteiger partial charge in [0.25, 0.3) is 0 Å². The van der Waals surface area contributed by atoms with Crippen molar-refractivity contribution in [1.29, 1.82) is 0 Å². The molecule has 2 rings (SSSR count). The first kappa shape index (κ1) is 22.1. The van der Waals surface area contributed by atoms with E-state index in [0.717, 1.165) is 18.4 Å². The summed E-state index contributed by atoms with van der Waals surface area (Å²) in [4.78, 5) is 25.6. The van der Waals surface area contributed by atoms with Gasteiger partial charge in [-0.1, -0.05) is 24.3 Å². The number of hydrogen-bond donors (Lipinski definition) is 2. The number of carbonyl (C=O) groups excluding carboxylic acids is 2. The highest BCUT2D eigenvalue weighted by Crippen LogP contribution is 2.21. The Labute approximate surface area is 166 Å². The number of hydrogen-bond acceptors (Lipinski definition) is 5. The summed E-state index contributed by atoms with van der Waals surface area (Å²) >= 11 is 0. The lowest BCUT2D eigenvalue weighted by molar-refractivity contribution is -0.128. The van der Waals surface area contributed by atoms with Crippen molar-refractivity contribution in [2.45, 2.75) is 63.7 Å². The van der Waals surface area contributed by atoms with E-state index in [4.69, 9.17) is 4.74 Å². The number of carbonyl (C=O) groups is 2. The summed E-state index contributed by atoms with van der Waals surface area (Å²) in [6.45, 7) is 2.34. The van der Waals surface area contributed by atoms with Gasteiger partial charge in [0, 0.05) is 13.0 Å². The minimum absolute atomic E-state index is 0.00765. The third-order valence-electron chi connectivity index (χ3n) is 5.07. The van der Waals surface area contributed by atoms with Crippen LogP contribution in [0.3, 0.4) is 0 Å². The number of aliphatic hydroxyl groups is 2. The van der Waals surface area contributed by atoms with Crippen LogP contribution >= 0.6 is 0 Å². The molecule has 6 nitrogen and oxygen atoms in total. The second-order valence-corrected chi connectivity index (χ2v) is 7.36. The van der Waals surface area contributed by atoms with Crippen molar-refractivity contribution < 1.29 is 24.5 Å². The zero-order valence-corrected chi connectivity index (χ0v) is 16.7. The molecule has 1 amide bonds. The van der Waals surface area contributed by atoms with Crippen LogP contribution in [-0.4, -0.2) is 58.9 Å². The fourth-order valence-electron chi connectivity index (χ4n) is 3.40. The summed E-state index contributed by atoms with van der Waals surface area (Å²) in [7, 11) is 1.35. The van der Waals surface area contributed by atoms with Crippen molar-refractivity contribution in [2.24, 2.45) is 0 Å². The summed E-state index contributed by atoms with van der Waals surface area (Å²) in [5, 5.41) is 19.3. The van der Waals surface area contributed by atoms with E-state index in [-0.39, 0.29) is 24.0 Å². The minimum atomic E-state index is -0.554. The summed E-state index contributed by atoms with van der Waals surface area (Å²) in [5.41, 5.74) is 1.56. The molecule has 2 N–H and O–H groups in total. The molecule has 1 aliphatic heterocycles. The van der Waals surface area contributed by atoms with Gasteiger partial charge >= 0.3 is 5.97 Å². The van der Waals surface area contributed by atoms with Gasteiger partial charge in [-0.25, -0.2) is 4.79 Å². The van der Waals surface area contributed by atoms with Gasteiger partial charge in [-0.05, 0) is 56.7 Å². The van der Waals surface area contributed by atoms with E-state index in [9.17, 15) is 19.8 Å². The smallest absolute Gasteiger partial charge is 0.337 e. The first-order chi connectivity index (χ1) is 13.4. The third-order valence-corrected chi connectivity index (χ3v) is 5.07. The first-order valence-electron chi connectivity index (χ1n) is 9.92. The van der Waals surface area contributed by atoms with Crippen LogP contribution in [0.15, 0.2) is 36.4 Å². The fraction of sp³-hybridized carbons (Fsp3) is 0.545. The molecule has 154 valence electrons. The number of benzene rings is 1. The molecule has 0 aliphatic carbocycles. The molecule has 1 unspecified atom stereocenters. The molecule has 28 heavy (non-hydrogen) atoms. The van der Waals surface area contributed by atoms with Gasteiger partial charge in [-0.2, -0.15) is 0 Å². The summed E-state index contributed by atoms with van der Waals surface area (Å²) < 4.78 is 4.70. The molecule has 0 aromatic heterocycles. The Bertz CT molecular complexity index is 668. The Kier molecular flexibility index (Phi) is 8.67. The van der Waals surface area contributed by atoms with E-state index in [0.29, 0.717) is 37.8 Å². The largest absolute Gasteiger partial charge is 0.465 e. The molecule has 1 heterocycles. The summed E-state index contributed by atoms with van der Waals surface area (Å²) in [5.74, 6) is -0.233. The van der Waals surface area contributed by atoms with Crippen LogP contribution in [0.2, 0.25) is 0 Å². The van der Waals surface area contributed by atoms with Crippen LogP contribution in [0.25, 0.3) is 0 Å². The number of rotatable bonds is 10. The average Bonchev–Trinajstić information content (AvgIpc) is 3.03. The van der Waals surface area contributed by atoms with Crippen LogP contribution < -0.4 is 0 Å². The van der Waals surface area contributed by atoms with E-state index in [1.807, 2.05) is 23.1 Å². The predicted molar refractivity (Wildman–Crippen MR) is 107 cm³/mol. The van der Waals surface area contributed by atoms with Crippen molar-refractivity contribution in [1.82, 2.24) is 4.90 Å². The Morgan fingerprint density at radius 2 is 2.00 bits per heavy atom. The summed E-state index contributed by atoms with van der Waals surface area (Å²) in [6, 6.07) is 7.22. The lowest BCUT2D eigenvalue weighted by atomic mass is 10.1. The fourth-order valence-corrected chi connectivity index (χ4v) is 3.40. The van der Waals surface area contributed by atoms with E-state index in [1.165, 1.54) is 7.11 Å². The molecule has 1 aromatic carbocycles. The van der Waals surface area contributed by atoms with Gasteiger partial charge in [0.05, 0.1) is 30.9 Å². The second kappa shape index (κ2) is 11.0. The SMILES string of the molecule is COC(=O)c1ccc(CCN2C(=O)CC[C@@H]2/C=C/C(O)CCC[C@H](C)O)cc1. The molecule has 0 radical (unpaired) electrons. The number of likely N-dealkylation sites (tertiary alicyclic amines) is 1. The maximum atomic E-state index is 12.2. The molecule has 1 aromatic rings. The molecule has 0 bridgehead atoms. The molecule has 3 atom stereocenters. The Morgan fingerprint density at radius 3 is 2.64 bits per heavy atom. The molecular weight excluding hydrogens is 358 g/mol. The standard InChI is InChI=1S/C22H31NO5/c1-16(24)4-3-5-20(25)12-10-19-11-13-21(26)23(19)15-14-17-6-8-18(9-7-17)22(27)28-2/h6-10,12,16,19-20,24-25H,3-5,11,13-15H2,1-2H3/b12-10+/t16-,19-,20?/m0/s1. The van der Waals surface area contributed by atoms with Gasteiger partial charge in [0.1, 0.15) is 0 Å². The van der Waals surface area contributed by atoms with Crippen LogP contribution in [0.5, 0.6) is 0 Å². The topological polar surface area (TPSA) is 87.1 Å². The average molecular weight is 389 g/mol. The number of nitrogens with zero attached hydrogens (tertiary/aromatic N) is 1. The van der Waals surface area contributed by atoms with E-state index in [1.54, 1.807) is 25.1 Å². The van der Waals surface area contributed by atoms with Crippen LogP contribution in [0, 0.1) is 0 Å². The zero-order chi connectivity index (χ0) is 20.5. The number of esters is 1. The number of ether oxygens (including phenoxy) is 1. The number of methoxy groups -OCH3 is 1. The van der Waals surface area contributed by atoms with Crippen LogP contribution in [-0.2, 0) is 16.0 Å². The normalized spacial score (nSPS) is 19.2. The predicted octanol–water partition coefficient (Wildman–Crippen LogP) is 2.47. The summed E-state index contributed by atoms with van der Waals surface area (Å²) in [6.07, 6.45) is 6.82. The molecular formula is C22H31NO5. The van der Waals surface area contributed by atoms with E-state index < -0.39 is 6.10 Å². The van der Waals surface area contributed by atoms with Crippen molar-refractivity contribution in [2.75, 3.05) is 13.7 Å². The zero-order valence-electron chi connectivity index (χ0n) is 16.7. The van der Waals surface area contributed by atoms with Crippen molar-refractivity contribution >= 4 is 11.9 Å². The Balaban J connectivity index is 1.86. The molecule has 1 fully saturated rings. The molecule has 6 heteroatoms. The highest BCUT2D eigenvalue weighted by atomic mass is 16.5. The van der Waals surface area contributed by atoms with Gasteiger partial charge < -0.3 is 19.8 Å². The van der Waals surface area contributed by atoms with Crippen LogP contribution in [0.4, 0.5) is 0 Å². The number of aliphatic hydroxyl groups excluding tert-OH is 2. The van der Waals surface area contributed by atoms with E-state index >= 15 is 0 Å². The van der Waals surface area contributed by atoms with Crippen molar-refractivity contribution in [3.05, 3.63) is 47.5 Å². The maximum absolute atomic E-state index is 12.2. The second-order valence-electron chi connectivity index (χ2n) is 7.36. The lowest BCUT2D eigenvalue weighted by Crippen LogP contribution is -2.33. The third kappa shape index (κ3) is 6.77. The van der Waals surface area contributed by atoms with Crippen LogP contribution in [0.1, 0.15) is 54.9 Å². The monoisotopic (exact) mass is 389 g/mol. The van der Waals surface area contributed by atoms with Crippen molar-refractivity contribution in [3.8, 4) is 0 Å². The minimum Gasteiger partial charge on any atom is -0.465 e. The first-order valence-corrected chi connectivity index (χ1v) is 9.92. The quantitative estimate of drug-likeness (QED) is 0.474. The highest BCUT2D eigenvalue weighted by Gasteiger charge is 2.28. The molecule has 0 spiro atoms. The molecule has 1 saturated heterocycles. The molecule has 0 saturated carbocycles.